The first kappa shape index (κ1) is 13.2. The van der Waals surface area contributed by atoms with Gasteiger partial charge in [-0.25, -0.2) is 0 Å². The molecule has 0 bridgehead atoms. The van der Waals surface area contributed by atoms with Gasteiger partial charge in [0.1, 0.15) is 0 Å². The summed E-state index contributed by atoms with van der Waals surface area (Å²) in [5.74, 6) is 0.717. The van der Waals surface area contributed by atoms with Gasteiger partial charge in [-0.05, 0) is 25.0 Å². The minimum Gasteiger partial charge on any atom is -0.481 e. The maximum Gasteiger partial charge on any atom is 0.312 e. The van der Waals surface area contributed by atoms with Crippen LogP contribution in [0, 0.1) is 5.41 Å². The van der Waals surface area contributed by atoms with E-state index in [0.717, 1.165) is 31.4 Å². The predicted octanol–water partition coefficient (Wildman–Crippen LogP) is 2.67. The number of rotatable bonds is 2. The van der Waals surface area contributed by atoms with Crippen molar-refractivity contribution >= 4 is 17.7 Å². The quantitative estimate of drug-likeness (QED) is 0.799. The van der Waals surface area contributed by atoms with Crippen molar-refractivity contribution in [2.75, 3.05) is 11.5 Å². The molecule has 1 aliphatic heterocycles. The molecule has 0 radical (unpaired) electrons. The second-order valence-electron chi connectivity index (χ2n) is 5.49. The molecule has 1 saturated heterocycles. The van der Waals surface area contributed by atoms with E-state index in [1.807, 2.05) is 0 Å². The molecule has 1 unspecified atom stereocenters. The largest absolute Gasteiger partial charge is 0.481 e. The van der Waals surface area contributed by atoms with Crippen molar-refractivity contribution in [3.8, 4) is 0 Å². The first-order chi connectivity index (χ1) is 8.11. The SMILES string of the molecule is O=C(O)C1(C2(O)CCSC2)CCCCCCC1. The van der Waals surface area contributed by atoms with Gasteiger partial charge in [-0.1, -0.05) is 32.1 Å². The van der Waals surface area contributed by atoms with Crippen molar-refractivity contribution in [2.45, 2.75) is 57.0 Å². The number of carboxylic acids is 1. The molecule has 2 fully saturated rings. The van der Waals surface area contributed by atoms with Gasteiger partial charge in [0, 0.05) is 5.75 Å². The van der Waals surface area contributed by atoms with Crippen molar-refractivity contribution in [2.24, 2.45) is 5.41 Å². The Labute approximate surface area is 107 Å². The highest BCUT2D eigenvalue weighted by atomic mass is 32.2. The molecule has 4 heteroatoms. The minimum absolute atomic E-state index is 0.597. The fourth-order valence-corrected chi connectivity index (χ4v) is 4.70. The van der Waals surface area contributed by atoms with Crippen LogP contribution in [0.5, 0.6) is 0 Å². The molecule has 98 valence electrons. The fourth-order valence-electron chi connectivity index (χ4n) is 3.32. The van der Waals surface area contributed by atoms with Gasteiger partial charge in [-0.15, -0.1) is 0 Å². The van der Waals surface area contributed by atoms with Crippen LogP contribution in [0.2, 0.25) is 0 Å². The van der Waals surface area contributed by atoms with Crippen LogP contribution < -0.4 is 0 Å². The third kappa shape index (κ3) is 2.34. The molecule has 1 aliphatic carbocycles. The molecule has 0 spiro atoms. The third-order valence-electron chi connectivity index (χ3n) is 4.51. The average Bonchev–Trinajstić information content (AvgIpc) is 2.65. The molecule has 0 aromatic heterocycles. The summed E-state index contributed by atoms with van der Waals surface area (Å²) in [6.07, 6.45) is 7.26. The number of thioether (sulfide) groups is 1. The number of carboxylic acid groups (broad SMARTS) is 1. The first-order valence-corrected chi connectivity index (χ1v) is 7.80. The van der Waals surface area contributed by atoms with Gasteiger partial charge < -0.3 is 10.2 Å². The van der Waals surface area contributed by atoms with E-state index in [-0.39, 0.29) is 0 Å². The summed E-state index contributed by atoms with van der Waals surface area (Å²) in [4.78, 5) is 11.8. The Morgan fingerprint density at radius 3 is 2.06 bits per heavy atom. The Morgan fingerprint density at radius 1 is 1.00 bits per heavy atom. The summed E-state index contributed by atoms with van der Waals surface area (Å²) in [6.45, 7) is 0. The molecule has 1 atom stereocenters. The van der Waals surface area contributed by atoms with Crippen molar-refractivity contribution in [1.82, 2.24) is 0 Å². The van der Waals surface area contributed by atoms with Gasteiger partial charge in [0.15, 0.2) is 0 Å². The molecule has 2 N–H and O–H groups in total. The second-order valence-corrected chi connectivity index (χ2v) is 6.59. The van der Waals surface area contributed by atoms with Gasteiger partial charge in [-0.2, -0.15) is 11.8 Å². The number of hydrogen-bond acceptors (Lipinski definition) is 3. The molecule has 1 saturated carbocycles. The zero-order valence-corrected chi connectivity index (χ0v) is 11.1. The van der Waals surface area contributed by atoms with Crippen molar-refractivity contribution in [3.05, 3.63) is 0 Å². The number of aliphatic hydroxyl groups is 1. The average molecular weight is 258 g/mol. The van der Waals surface area contributed by atoms with Crippen LogP contribution in [-0.4, -0.2) is 33.3 Å². The Kier molecular flexibility index (Phi) is 4.03. The van der Waals surface area contributed by atoms with Crippen molar-refractivity contribution in [3.63, 3.8) is 0 Å². The molecule has 0 aromatic rings. The third-order valence-corrected chi connectivity index (χ3v) is 5.68. The van der Waals surface area contributed by atoms with Crippen molar-refractivity contribution in [1.29, 1.82) is 0 Å². The Morgan fingerprint density at radius 2 is 1.59 bits per heavy atom. The lowest BCUT2D eigenvalue weighted by atomic mass is 9.64. The summed E-state index contributed by atoms with van der Waals surface area (Å²) >= 11 is 1.69. The molecule has 1 heterocycles. The molecule has 2 rings (SSSR count). The summed E-state index contributed by atoms with van der Waals surface area (Å²) < 4.78 is 0. The lowest BCUT2D eigenvalue weighted by Gasteiger charge is -2.43. The molecule has 3 nitrogen and oxygen atoms in total. The Balaban J connectivity index is 2.25. The molecular weight excluding hydrogens is 236 g/mol. The normalized spacial score (nSPS) is 33.9. The minimum atomic E-state index is -0.971. The summed E-state index contributed by atoms with van der Waals surface area (Å²) in [5.41, 5.74) is -1.85. The Bertz CT molecular complexity index is 276. The van der Waals surface area contributed by atoms with E-state index in [9.17, 15) is 15.0 Å². The van der Waals surface area contributed by atoms with Crippen LogP contribution in [0.3, 0.4) is 0 Å². The van der Waals surface area contributed by atoms with Crippen LogP contribution in [0.1, 0.15) is 51.4 Å². The fraction of sp³-hybridized carbons (Fsp3) is 0.923. The monoisotopic (exact) mass is 258 g/mol. The highest BCUT2D eigenvalue weighted by Gasteiger charge is 2.56. The Hall–Kier alpha value is -0.220. The summed E-state index contributed by atoms with van der Waals surface area (Å²) in [5, 5.41) is 20.4. The molecular formula is C13H22O3S. The zero-order chi connectivity index (χ0) is 12.4. The molecule has 2 aliphatic rings. The van der Waals surface area contributed by atoms with Gasteiger partial charge in [0.2, 0.25) is 0 Å². The van der Waals surface area contributed by atoms with Crippen LogP contribution in [0.4, 0.5) is 0 Å². The van der Waals surface area contributed by atoms with E-state index in [4.69, 9.17) is 0 Å². The maximum absolute atomic E-state index is 11.8. The lowest BCUT2D eigenvalue weighted by Crippen LogP contribution is -2.54. The van der Waals surface area contributed by atoms with E-state index < -0.39 is 17.0 Å². The topological polar surface area (TPSA) is 57.5 Å². The highest BCUT2D eigenvalue weighted by molar-refractivity contribution is 7.99. The molecule has 0 aromatic carbocycles. The van der Waals surface area contributed by atoms with Gasteiger partial charge in [0.25, 0.3) is 0 Å². The summed E-state index contributed by atoms with van der Waals surface area (Å²) in [7, 11) is 0. The van der Waals surface area contributed by atoms with E-state index in [2.05, 4.69) is 0 Å². The summed E-state index contributed by atoms with van der Waals surface area (Å²) in [6, 6.07) is 0. The van der Waals surface area contributed by atoms with E-state index >= 15 is 0 Å². The van der Waals surface area contributed by atoms with Crippen molar-refractivity contribution < 1.29 is 15.0 Å². The van der Waals surface area contributed by atoms with Gasteiger partial charge in [0.05, 0.1) is 11.0 Å². The van der Waals surface area contributed by atoms with Crippen LogP contribution in [-0.2, 0) is 4.79 Å². The van der Waals surface area contributed by atoms with Gasteiger partial charge in [-0.3, -0.25) is 4.79 Å². The molecule has 17 heavy (non-hydrogen) atoms. The first-order valence-electron chi connectivity index (χ1n) is 6.64. The highest BCUT2D eigenvalue weighted by Crippen LogP contribution is 2.49. The standard InChI is InChI=1S/C13H22O3S/c14-11(15)12(13(16)8-9-17-10-13)6-4-2-1-3-5-7-12/h16H,1-10H2,(H,14,15). The van der Waals surface area contributed by atoms with Crippen LogP contribution in [0.15, 0.2) is 0 Å². The van der Waals surface area contributed by atoms with Gasteiger partial charge >= 0.3 is 5.97 Å². The van der Waals surface area contributed by atoms with Crippen LogP contribution in [0.25, 0.3) is 0 Å². The lowest BCUT2D eigenvalue weighted by molar-refractivity contribution is -0.170. The van der Waals surface area contributed by atoms with Crippen LogP contribution >= 0.6 is 11.8 Å². The number of carbonyl (C=O) groups is 1. The van der Waals surface area contributed by atoms with E-state index in [1.54, 1.807) is 11.8 Å². The number of aliphatic carboxylic acids is 1. The smallest absolute Gasteiger partial charge is 0.312 e. The maximum atomic E-state index is 11.8. The zero-order valence-electron chi connectivity index (χ0n) is 10.3. The number of hydrogen-bond donors (Lipinski definition) is 2. The predicted molar refractivity (Wildman–Crippen MR) is 69.3 cm³/mol. The van der Waals surface area contributed by atoms with E-state index in [1.165, 1.54) is 6.42 Å². The van der Waals surface area contributed by atoms with E-state index in [0.29, 0.717) is 25.0 Å². The second kappa shape index (κ2) is 5.19. The molecule has 0 amide bonds.